The van der Waals surface area contributed by atoms with E-state index in [-0.39, 0.29) is 11.5 Å². The summed E-state index contributed by atoms with van der Waals surface area (Å²) >= 11 is 0. The van der Waals surface area contributed by atoms with Crippen molar-refractivity contribution in [3.8, 4) is 11.5 Å². The molecule has 5 rings (SSSR count). The predicted octanol–water partition coefficient (Wildman–Crippen LogP) is 1.83. The maximum atomic E-state index is 10.8. The van der Waals surface area contributed by atoms with Gasteiger partial charge in [-0.05, 0) is 55.1 Å². The maximum absolute atomic E-state index is 10.8. The number of benzene rings is 1. The van der Waals surface area contributed by atoms with Crippen molar-refractivity contribution >= 4 is 0 Å². The van der Waals surface area contributed by atoms with E-state index in [0.29, 0.717) is 6.79 Å². The summed E-state index contributed by atoms with van der Waals surface area (Å²) in [4.78, 5) is 2.51. The highest BCUT2D eigenvalue weighted by Crippen LogP contribution is 2.51. The molecule has 1 fully saturated rings. The summed E-state index contributed by atoms with van der Waals surface area (Å²) in [6, 6.07) is 4.23. The topological polar surface area (TPSA) is 51.2 Å². The standard InChI is InChI=1S/C18H21NO4/c1-21-16-8-18-3-2-4-19(18)9-12-7-15-14(22-10-23-15)6-11(12)5-13(18)17(16)20/h6-8,13,17,20H,2-5,9-10H2,1H3/t13-,17+,18+/m1/s1. The molecule has 1 N–H and O–H groups in total. The molecule has 1 spiro atoms. The molecule has 1 aromatic rings. The highest BCUT2D eigenvalue weighted by atomic mass is 16.7. The average Bonchev–Trinajstić information content (AvgIpc) is 3.21. The average molecular weight is 315 g/mol. The molecule has 0 radical (unpaired) electrons. The fourth-order valence-electron chi connectivity index (χ4n) is 4.91. The minimum atomic E-state index is -0.531. The van der Waals surface area contributed by atoms with Crippen LogP contribution in [0.25, 0.3) is 0 Å². The fourth-order valence-corrected chi connectivity index (χ4v) is 4.91. The molecule has 0 unspecified atom stereocenters. The number of hydrogen-bond acceptors (Lipinski definition) is 5. The number of nitrogens with zero attached hydrogens (tertiary/aromatic N) is 1. The summed E-state index contributed by atoms with van der Waals surface area (Å²) in [5, 5.41) is 10.8. The second-order valence-electron chi connectivity index (χ2n) is 7.00. The zero-order chi connectivity index (χ0) is 15.6. The van der Waals surface area contributed by atoms with Crippen molar-refractivity contribution in [2.45, 2.75) is 37.5 Å². The van der Waals surface area contributed by atoms with E-state index in [1.54, 1.807) is 7.11 Å². The van der Waals surface area contributed by atoms with Crippen LogP contribution in [0.5, 0.6) is 11.5 Å². The van der Waals surface area contributed by atoms with Gasteiger partial charge in [0, 0.05) is 18.0 Å². The Hall–Kier alpha value is -1.72. The van der Waals surface area contributed by atoms with Crippen molar-refractivity contribution in [3.63, 3.8) is 0 Å². The maximum Gasteiger partial charge on any atom is 0.231 e. The predicted molar refractivity (Wildman–Crippen MR) is 83.2 cm³/mol. The van der Waals surface area contributed by atoms with Gasteiger partial charge < -0.3 is 19.3 Å². The van der Waals surface area contributed by atoms with Gasteiger partial charge in [0.2, 0.25) is 6.79 Å². The Morgan fingerprint density at radius 1 is 1.26 bits per heavy atom. The van der Waals surface area contributed by atoms with E-state index in [4.69, 9.17) is 14.2 Å². The van der Waals surface area contributed by atoms with Crippen molar-refractivity contribution in [1.82, 2.24) is 4.90 Å². The van der Waals surface area contributed by atoms with E-state index in [1.807, 2.05) is 0 Å². The van der Waals surface area contributed by atoms with Crippen molar-refractivity contribution < 1.29 is 19.3 Å². The van der Waals surface area contributed by atoms with Crippen molar-refractivity contribution in [3.05, 3.63) is 35.1 Å². The molecule has 3 heterocycles. The van der Waals surface area contributed by atoms with Gasteiger partial charge in [0.1, 0.15) is 11.9 Å². The molecule has 23 heavy (non-hydrogen) atoms. The molecule has 0 amide bonds. The lowest BCUT2D eigenvalue weighted by atomic mass is 9.80. The summed E-state index contributed by atoms with van der Waals surface area (Å²) in [6.07, 6.45) is 4.74. The highest BCUT2D eigenvalue weighted by molar-refractivity contribution is 5.50. The molecule has 0 saturated carbocycles. The Balaban J connectivity index is 1.62. The number of aliphatic hydroxyl groups excluding tert-OH is 1. The molecule has 1 aromatic carbocycles. The smallest absolute Gasteiger partial charge is 0.231 e. The van der Waals surface area contributed by atoms with Crippen LogP contribution in [0.1, 0.15) is 24.0 Å². The zero-order valence-electron chi connectivity index (χ0n) is 13.2. The van der Waals surface area contributed by atoms with Crippen LogP contribution in [-0.4, -0.2) is 42.1 Å². The SMILES string of the molecule is COC1=C[C@]23CCCN2Cc2cc4c(cc2C[C@@H]3[C@@H]1O)OCO4. The molecule has 0 bridgehead atoms. The van der Waals surface area contributed by atoms with Crippen LogP contribution in [0.4, 0.5) is 0 Å². The molecular weight excluding hydrogens is 294 g/mol. The van der Waals surface area contributed by atoms with Gasteiger partial charge in [-0.3, -0.25) is 4.90 Å². The summed E-state index contributed by atoms with van der Waals surface area (Å²) in [5.74, 6) is 2.54. The molecule has 0 aromatic heterocycles. The summed E-state index contributed by atoms with van der Waals surface area (Å²) in [6.45, 7) is 2.25. The van der Waals surface area contributed by atoms with Gasteiger partial charge >= 0.3 is 0 Å². The van der Waals surface area contributed by atoms with E-state index >= 15 is 0 Å². The fraction of sp³-hybridized carbons (Fsp3) is 0.556. The zero-order valence-corrected chi connectivity index (χ0v) is 13.2. The Kier molecular flexibility index (Phi) is 2.77. The first-order valence-electron chi connectivity index (χ1n) is 8.32. The van der Waals surface area contributed by atoms with E-state index in [0.717, 1.165) is 49.6 Å². The first-order valence-corrected chi connectivity index (χ1v) is 8.32. The second-order valence-corrected chi connectivity index (χ2v) is 7.00. The Morgan fingerprint density at radius 2 is 2.04 bits per heavy atom. The summed E-state index contributed by atoms with van der Waals surface area (Å²) in [7, 11) is 1.65. The quantitative estimate of drug-likeness (QED) is 0.857. The second kappa shape index (κ2) is 4.65. The van der Waals surface area contributed by atoms with Gasteiger partial charge in [-0.15, -0.1) is 0 Å². The molecule has 1 saturated heterocycles. The monoisotopic (exact) mass is 315 g/mol. The van der Waals surface area contributed by atoms with E-state index in [2.05, 4.69) is 23.1 Å². The van der Waals surface area contributed by atoms with Crippen LogP contribution in [0.15, 0.2) is 24.0 Å². The van der Waals surface area contributed by atoms with Crippen molar-refractivity contribution in [1.29, 1.82) is 0 Å². The van der Waals surface area contributed by atoms with Gasteiger partial charge in [-0.25, -0.2) is 0 Å². The van der Waals surface area contributed by atoms with Crippen LogP contribution < -0.4 is 9.47 Å². The molecule has 3 aliphatic heterocycles. The summed E-state index contributed by atoms with van der Waals surface area (Å²) in [5.41, 5.74) is 2.48. The summed E-state index contributed by atoms with van der Waals surface area (Å²) < 4.78 is 16.5. The third kappa shape index (κ3) is 1.75. The molecule has 5 heteroatoms. The van der Waals surface area contributed by atoms with Crippen LogP contribution in [0.2, 0.25) is 0 Å². The highest BCUT2D eigenvalue weighted by Gasteiger charge is 2.55. The Morgan fingerprint density at radius 3 is 2.83 bits per heavy atom. The minimum Gasteiger partial charge on any atom is -0.499 e. The van der Waals surface area contributed by atoms with Gasteiger partial charge in [-0.1, -0.05) is 0 Å². The molecule has 4 aliphatic rings. The lowest BCUT2D eigenvalue weighted by Gasteiger charge is -2.37. The minimum absolute atomic E-state index is 0.0735. The van der Waals surface area contributed by atoms with Crippen molar-refractivity contribution in [2.24, 2.45) is 5.92 Å². The number of aliphatic hydroxyl groups is 1. The largest absolute Gasteiger partial charge is 0.499 e. The van der Waals surface area contributed by atoms with Crippen LogP contribution in [-0.2, 0) is 17.7 Å². The van der Waals surface area contributed by atoms with E-state index in [1.165, 1.54) is 11.1 Å². The normalized spacial score (nSPS) is 34.4. The Bertz CT molecular complexity index is 701. The molecule has 3 atom stereocenters. The number of ether oxygens (including phenoxy) is 3. The van der Waals surface area contributed by atoms with Crippen LogP contribution >= 0.6 is 0 Å². The van der Waals surface area contributed by atoms with E-state index < -0.39 is 6.10 Å². The third-order valence-electron chi connectivity index (χ3n) is 6.03. The van der Waals surface area contributed by atoms with Gasteiger partial charge in [0.25, 0.3) is 0 Å². The number of hydrogen-bond donors (Lipinski definition) is 1. The first-order chi connectivity index (χ1) is 11.2. The van der Waals surface area contributed by atoms with Crippen LogP contribution in [0.3, 0.4) is 0 Å². The van der Waals surface area contributed by atoms with Gasteiger partial charge in [-0.2, -0.15) is 0 Å². The van der Waals surface area contributed by atoms with Crippen LogP contribution in [0, 0.1) is 5.92 Å². The molecule has 122 valence electrons. The lowest BCUT2D eigenvalue weighted by molar-refractivity contribution is 0.0380. The lowest BCUT2D eigenvalue weighted by Crippen LogP contribution is -2.47. The molecule has 1 aliphatic carbocycles. The molecule has 5 nitrogen and oxygen atoms in total. The molecular formula is C18H21NO4. The van der Waals surface area contributed by atoms with E-state index in [9.17, 15) is 5.11 Å². The first kappa shape index (κ1) is 13.7. The van der Waals surface area contributed by atoms with Gasteiger partial charge in [0.15, 0.2) is 11.5 Å². The number of rotatable bonds is 1. The number of fused-ring (bicyclic) bond motifs is 2. The Labute approximate surface area is 135 Å². The van der Waals surface area contributed by atoms with Gasteiger partial charge in [0.05, 0.1) is 7.11 Å². The third-order valence-corrected chi connectivity index (χ3v) is 6.03. The van der Waals surface area contributed by atoms with Crippen molar-refractivity contribution in [2.75, 3.05) is 20.4 Å². The number of methoxy groups -OCH3 is 1.